The molecule has 0 saturated heterocycles. The predicted molar refractivity (Wildman–Crippen MR) is 46.0 cm³/mol. The second kappa shape index (κ2) is 5.99. The van der Waals surface area contributed by atoms with Gasteiger partial charge in [0.15, 0.2) is 6.19 Å². The van der Waals surface area contributed by atoms with Crippen LogP contribution in [-0.2, 0) is 0 Å². The molecule has 0 aliphatic rings. The molecule has 1 atom stereocenters. The smallest absolute Gasteiger partial charge is 0.176 e. The standard InChI is InChI=1S/C8H17N3/c1-4-8(11(2)3)5-6-10-7-9/h8,10H,4-6H2,1-3H3. The second-order valence-electron chi connectivity index (χ2n) is 2.85. The van der Waals surface area contributed by atoms with Crippen molar-refractivity contribution in [2.75, 3.05) is 20.6 Å². The van der Waals surface area contributed by atoms with E-state index < -0.39 is 0 Å². The minimum atomic E-state index is 0.593. The van der Waals surface area contributed by atoms with Crippen LogP contribution in [0.1, 0.15) is 19.8 Å². The molecule has 0 radical (unpaired) electrons. The topological polar surface area (TPSA) is 39.1 Å². The largest absolute Gasteiger partial charge is 0.324 e. The first-order valence-corrected chi connectivity index (χ1v) is 4.00. The maximum Gasteiger partial charge on any atom is 0.176 e. The molecule has 3 nitrogen and oxygen atoms in total. The maximum absolute atomic E-state index is 8.22. The van der Waals surface area contributed by atoms with Crippen molar-refractivity contribution < 1.29 is 0 Å². The van der Waals surface area contributed by atoms with Gasteiger partial charge in [-0.25, -0.2) is 0 Å². The molecule has 0 heterocycles. The molecular weight excluding hydrogens is 138 g/mol. The molecule has 0 saturated carbocycles. The third-order valence-electron chi connectivity index (χ3n) is 1.88. The summed E-state index contributed by atoms with van der Waals surface area (Å²) in [5.41, 5.74) is 0. The minimum absolute atomic E-state index is 0.593. The molecule has 64 valence electrons. The van der Waals surface area contributed by atoms with Gasteiger partial charge in [0.05, 0.1) is 0 Å². The van der Waals surface area contributed by atoms with Crippen molar-refractivity contribution >= 4 is 0 Å². The van der Waals surface area contributed by atoms with Crippen molar-refractivity contribution in [2.24, 2.45) is 0 Å². The van der Waals surface area contributed by atoms with Crippen LogP contribution in [0.2, 0.25) is 0 Å². The van der Waals surface area contributed by atoms with E-state index in [2.05, 4.69) is 31.2 Å². The molecule has 0 rings (SSSR count). The first-order chi connectivity index (χ1) is 5.22. The van der Waals surface area contributed by atoms with Crippen LogP contribution in [0.15, 0.2) is 0 Å². The molecule has 0 aliphatic carbocycles. The number of nitrogens with zero attached hydrogens (tertiary/aromatic N) is 2. The average molecular weight is 155 g/mol. The highest BCUT2D eigenvalue weighted by Crippen LogP contribution is 2.02. The Morgan fingerprint density at radius 3 is 2.55 bits per heavy atom. The fourth-order valence-electron chi connectivity index (χ4n) is 1.12. The van der Waals surface area contributed by atoms with Crippen LogP contribution in [0.3, 0.4) is 0 Å². The van der Waals surface area contributed by atoms with Gasteiger partial charge >= 0.3 is 0 Å². The summed E-state index contributed by atoms with van der Waals surface area (Å²) in [6.07, 6.45) is 4.10. The average Bonchev–Trinajstić information content (AvgIpc) is 1.97. The third kappa shape index (κ3) is 4.63. The highest BCUT2D eigenvalue weighted by Gasteiger charge is 2.06. The van der Waals surface area contributed by atoms with Crippen molar-refractivity contribution in [1.29, 1.82) is 5.26 Å². The molecule has 1 N–H and O–H groups in total. The summed E-state index contributed by atoms with van der Waals surface area (Å²) in [6, 6.07) is 0.593. The van der Waals surface area contributed by atoms with Crippen LogP contribution in [0.5, 0.6) is 0 Å². The molecule has 0 fully saturated rings. The minimum Gasteiger partial charge on any atom is -0.324 e. The zero-order valence-electron chi connectivity index (χ0n) is 7.59. The van der Waals surface area contributed by atoms with Gasteiger partial charge in [0.2, 0.25) is 0 Å². The van der Waals surface area contributed by atoms with Gasteiger partial charge in [0.25, 0.3) is 0 Å². The summed E-state index contributed by atoms with van der Waals surface area (Å²) in [6.45, 7) is 2.95. The van der Waals surface area contributed by atoms with Crippen LogP contribution in [0.25, 0.3) is 0 Å². The lowest BCUT2D eigenvalue weighted by Gasteiger charge is -2.22. The summed E-state index contributed by atoms with van der Waals surface area (Å²) in [4.78, 5) is 2.19. The van der Waals surface area contributed by atoms with E-state index in [0.717, 1.165) is 19.4 Å². The molecule has 0 aromatic rings. The second-order valence-corrected chi connectivity index (χ2v) is 2.85. The van der Waals surface area contributed by atoms with Crippen molar-refractivity contribution in [3.05, 3.63) is 0 Å². The zero-order chi connectivity index (χ0) is 8.69. The molecule has 3 heteroatoms. The lowest BCUT2D eigenvalue weighted by Crippen LogP contribution is -2.30. The first kappa shape index (κ1) is 10.2. The molecule has 0 aromatic heterocycles. The SMILES string of the molecule is CCC(CCNC#N)N(C)C. The Balaban J connectivity index is 3.46. The molecule has 0 aromatic carbocycles. The van der Waals surface area contributed by atoms with Crippen molar-refractivity contribution in [2.45, 2.75) is 25.8 Å². The molecular formula is C8H17N3. The lowest BCUT2D eigenvalue weighted by molar-refractivity contribution is 0.271. The van der Waals surface area contributed by atoms with E-state index in [1.54, 1.807) is 0 Å². The molecule has 0 bridgehead atoms. The fraction of sp³-hybridized carbons (Fsp3) is 0.875. The van der Waals surface area contributed by atoms with Gasteiger partial charge in [-0.3, -0.25) is 0 Å². The summed E-state index contributed by atoms with van der Waals surface area (Å²) < 4.78 is 0. The van der Waals surface area contributed by atoms with Crippen LogP contribution in [-0.4, -0.2) is 31.6 Å². The van der Waals surface area contributed by atoms with Gasteiger partial charge in [-0.05, 0) is 26.9 Å². The molecule has 11 heavy (non-hydrogen) atoms. The summed E-state index contributed by atoms with van der Waals surface area (Å²) in [5, 5.41) is 10.9. The molecule has 1 unspecified atom stereocenters. The summed E-state index contributed by atoms with van der Waals surface area (Å²) in [5.74, 6) is 0. The van der Waals surface area contributed by atoms with E-state index in [-0.39, 0.29) is 0 Å². The maximum atomic E-state index is 8.22. The van der Waals surface area contributed by atoms with E-state index in [4.69, 9.17) is 5.26 Å². The summed E-state index contributed by atoms with van der Waals surface area (Å²) >= 11 is 0. The normalized spacial score (nSPS) is 12.6. The Kier molecular flexibility index (Phi) is 5.58. The Morgan fingerprint density at radius 1 is 1.55 bits per heavy atom. The quantitative estimate of drug-likeness (QED) is 0.362. The number of hydrogen-bond acceptors (Lipinski definition) is 3. The zero-order valence-corrected chi connectivity index (χ0v) is 7.59. The Morgan fingerprint density at radius 2 is 2.18 bits per heavy atom. The fourth-order valence-corrected chi connectivity index (χ4v) is 1.12. The third-order valence-corrected chi connectivity index (χ3v) is 1.88. The van der Waals surface area contributed by atoms with Gasteiger partial charge < -0.3 is 10.2 Å². The summed E-state index contributed by atoms with van der Waals surface area (Å²) in [7, 11) is 4.14. The molecule has 0 aliphatic heterocycles. The van der Waals surface area contributed by atoms with E-state index >= 15 is 0 Å². The molecule has 0 spiro atoms. The lowest BCUT2D eigenvalue weighted by atomic mass is 10.1. The van der Waals surface area contributed by atoms with Gasteiger partial charge in [0.1, 0.15) is 0 Å². The van der Waals surface area contributed by atoms with Gasteiger partial charge in [-0.15, -0.1) is 0 Å². The van der Waals surface area contributed by atoms with Gasteiger partial charge in [-0.2, -0.15) is 5.26 Å². The Labute approximate surface area is 69.0 Å². The predicted octanol–water partition coefficient (Wildman–Crippen LogP) is 0.787. The van der Waals surface area contributed by atoms with Crippen LogP contribution in [0, 0.1) is 11.5 Å². The monoisotopic (exact) mass is 155 g/mol. The Bertz CT molecular complexity index is 126. The van der Waals surface area contributed by atoms with E-state index in [1.165, 1.54) is 0 Å². The van der Waals surface area contributed by atoms with Gasteiger partial charge in [-0.1, -0.05) is 6.92 Å². The highest BCUT2D eigenvalue weighted by atomic mass is 15.1. The van der Waals surface area contributed by atoms with Gasteiger partial charge in [0, 0.05) is 12.6 Å². The first-order valence-electron chi connectivity index (χ1n) is 4.00. The van der Waals surface area contributed by atoms with E-state index in [1.807, 2.05) is 6.19 Å². The Hall–Kier alpha value is -0.750. The highest BCUT2D eigenvalue weighted by molar-refractivity contribution is 4.70. The number of nitriles is 1. The number of nitrogens with one attached hydrogen (secondary N) is 1. The van der Waals surface area contributed by atoms with Crippen molar-refractivity contribution in [1.82, 2.24) is 10.2 Å². The molecule has 0 amide bonds. The van der Waals surface area contributed by atoms with Crippen LogP contribution in [0.4, 0.5) is 0 Å². The van der Waals surface area contributed by atoms with Crippen LogP contribution < -0.4 is 5.32 Å². The van der Waals surface area contributed by atoms with E-state index in [0.29, 0.717) is 6.04 Å². The number of rotatable bonds is 5. The van der Waals surface area contributed by atoms with Crippen molar-refractivity contribution in [3.8, 4) is 6.19 Å². The van der Waals surface area contributed by atoms with Crippen molar-refractivity contribution in [3.63, 3.8) is 0 Å². The number of hydrogen-bond donors (Lipinski definition) is 1. The van der Waals surface area contributed by atoms with E-state index in [9.17, 15) is 0 Å². The van der Waals surface area contributed by atoms with Crippen LogP contribution >= 0.6 is 0 Å².